The van der Waals surface area contributed by atoms with Gasteiger partial charge in [-0.2, -0.15) is 0 Å². The fourth-order valence-corrected chi connectivity index (χ4v) is 5.87. The fraction of sp³-hybridized carbons (Fsp3) is 1.00. The molecule has 1 saturated heterocycles. The minimum absolute atomic E-state index is 0.290. The molecule has 90 valence electrons. The zero-order chi connectivity index (χ0) is 11.7. The van der Waals surface area contributed by atoms with Crippen LogP contribution in [0.3, 0.4) is 0 Å². The molecule has 1 heterocycles. The van der Waals surface area contributed by atoms with E-state index in [1.54, 1.807) is 0 Å². The zero-order valence-corrected chi connectivity index (χ0v) is 11.8. The van der Waals surface area contributed by atoms with Crippen LogP contribution in [0, 0.1) is 5.92 Å². The molecule has 0 radical (unpaired) electrons. The van der Waals surface area contributed by atoms with Gasteiger partial charge < -0.3 is 9.53 Å². The van der Waals surface area contributed by atoms with Gasteiger partial charge in [0, 0.05) is 12.5 Å². The molecule has 3 heteroatoms. The highest BCUT2D eigenvalue weighted by molar-refractivity contribution is 6.71. The summed E-state index contributed by atoms with van der Waals surface area (Å²) in [6.07, 6.45) is 3.35. The third kappa shape index (κ3) is 3.30. The van der Waals surface area contributed by atoms with Gasteiger partial charge in [-0.25, -0.2) is 0 Å². The Morgan fingerprint density at radius 1 is 1.47 bits per heavy atom. The molecule has 2 nitrogen and oxygen atoms in total. The Labute approximate surface area is 95.2 Å². The number of aliphatic hydroxyl groups is 1. The van der Waals surface area contributed by atoms with Crippen molar-refractivity contribution in [2.24, 2.45) is 5.92 Å². The van der Waals surface area contributed by atoms with Crippen LogP contribution in [-0.4, -0.2) is 25.1 Å². The molecular formula is C12H26O2Si. The standard InChI is InChI=1S/C12H26O2Si/c1-6-7-11-8-12(13,10(2)3)9-15(4,5)14-11/h10-11,13H,6-9H2,1-5H3/t11-,12-/m0/s1. The van der Waals surface area contributed by atoms with E-state index in [4.69, 9.17) is 4.43 Å². The van der Waals surface area contributed by atoms with Crippen LogP contribution in [0.5, 0.6) is 0 Å². The second-order valence-corrected chi connectivity index (χ2v) is 10.0. The van der Waals surface area contributed by atoms with Gasteiger partial charge in [0.1, 0.15) is 0 Å². The van der Waals surface area contributed by atoms with Crippen LogP contribution in [-0.2, 0) is 4.43 Å². The SMILES string of the molecule is CCC[C@H]1C[C@@](O)(C(C)C)C[Si](C)(C)O1. The van der Waals surface area contributed by atoms with Crippen molar-refractivity contribution >= 4 is 8.32 Å². The van der Waals surface area contributed by atoms with E-state index in [0.29, 0.717) is 5.92 Å². The molecule has 1 N–H and O–H groups in total. The summed E-state index contributed by atoms with van der Waals surface area (Å²) < 4.78 is 6.14. The van der Waals surface area contributed by atoms with Gasteiger partial charge >= 0.3 is 0 Å². The predicted molar refractivity (Wildman–Crippen MR) is 66.5 cm³/mol. The third-order valence-electron chi connectivity index (χ3n) is 3.48. The van der Waals surface area contributed by atoms with Crippen LogP contribution >= 0.6 is 0 Å². The highest BCUT2D eigenvalue weighted by Crippen LogP contribution is 2.39. The Morgan fingerprint density at radius 2 is 2.07 bits per heavy atom. The largest absolute Gasteiger partial charge is 0.414 e. The van der Waals surface area contributed by atoms with Crippen molar-refractivity contribution < 1.29 is 9.53 Å². The number of hydrogen-bond donors (Lipinski definition) is 1. The molecule has 0 amide bonds. The molecule has 0 unspecified atom stereocenters. The highest BCUT2D eigenvalue weighted by Gasteiger charge is 2.46. The molecule has 15 heavy (non-hydrogen) atoms. The fourth-order valence-electron chi connectivity index (χ4n) is 2.66. The van der Waals surface area contributed by atoms with Crippen LogP contribution in [0.4, 0.5) is 0 Å². The van der Waals surface area contributed by atoms with Crippen molar-refractivity contribution in [2.75, 3.05) is 0 Å². The molecule has 0 aromatic rings. The second-order valence-electron chi connectivity index (χ2n) is 5.93. The monoisotopic (exact) mass is 230 g/mol. The summed E-state index contributed by atoms with van der Waals surface area (Å²) in [6, 6.07) is 0.887. The molecule has 0 aliphatic carbocycles. The van der Waals surface area contributed by atoms with Crippen LogP contribution in [0.15, 0.2) is 0 Å². The molecule has 2 atom stereocenters. The van der Waals surface area contributed by atoms with Crippen molar-refractivity contribution in [1.29, 1.82) is 0 Å². The number of rotatable bonds is 3. The van der Waals surface area contributed by atoms with Gasteiger partial charge in [-0.3, -0.25) is 0 Å². The van der Waals surface area contributed by atoms with Crippen LogP contribution in [0.1, 0.15) is 40.0 Å². The first kappa shape index (κ1) is 13.2. The molecule has 1 rings (SSSR count). The van der Waals surface area contributed by atoms with Gasteiger partial charge in [0.25, 0.3) is 0 Å². The van der Waals surface area contributed by atoms with E-state index in [9.17, 15) is 5.11 Å². The summed E-state index contributed by atoms with van der Waals surface area (Å²) in [4.78, 5) is 0. The minimum atomic E-state index is -1.64. The molecule has 1 fully saturated rings. The first-order valence-corrected chi connectivity index (χ1v) is 9.31. The lowest BCUT2D eigenvalue weighted by Crippen LogP contribution is -2.54. The Kier molecular flexibility index (Phi) is 4.01. The quantitative estimate of drug-likeness (QED) is 0.755. The molecule has 0 aromatic heterocycles. The van der Waals surface area contributed by atoms with Crippen molar-refractivity contribution in [3.8, 4) is 0 Å². The van der Waals surface area contributed by atoms with Gasteiger partial charge in [-0.05, 0) is 31.5 Å². The summed E-state index contributed by atoms with van der Waals surface area (Å²) in [5, 5.41) is 10.6. The van der Waals surface area contributed by atoms with Gasteiger partial charge in [0.05, 0.1) is 5.60 Å². The van der Waals surface area contributed by atoms with Crippen LogP contribution in [0.2, 0.25) is 19.1 Å². The zero-order valence-electron chi connectivity index (χ0n) is 10.8. The summed E-state index contributed by atoms with van der Waals surface area (Å²) in [5.74, 6) is 0.340. The molecule has 0 spiro atoms. The highest BCUT2D eigenvalue weighted by atomic mass is 28.4. The Morgan fingerprint density at radius 3 is 2.53 bits per heavy atom. The summed E-state index contributed by atoms with van der Waals surface area (Å²) in [6.45, 7) is 10.9. The van der Waals surface area contributed by atoms with Gasteiger partial charge in [-0.1, -0.05) is 27.2 Å². The summed E-state index contributed by atoms with van der Waals surface area (Å²) >= 11 is 0. The van der Waals surface area contributed by atoms with E-state index in [1.807, 2.05) is 0 Å². The Bertz CT molecular complexity index is 216. The van der Waals surface area contributed by atoms with Gasteiger partial charge in [-0.15, -0.1) is 0 Å². The Balaban J connectivity index is 2.76. The van der Waals surface area contributed by atoms with Crippen molar-refractivity contribution in [3.63, 3.8) is 0 Å². The molecular weight excluding hydrogens is 204 g/mol. The van der Waals surface area contributed by atoms with Gasteiger partial charge in [0.2, 0.25) is 0 Å². The predicted octanol–water partition coefficient (Wildman–Crippen LogP) is 3.17. The van der Waals surface area contributed by atoms with Crippen molar-refractivity contribution in [1.82, 2.24) is 0 Å². The smallest absolute Gasteiger partial charge is 0.189 e. The van der Waals surface area contributed by atoms with Crippen molar-refractivity contribution in [2.45, 2.75) is 70.9 Å². The molecule has 0 aromatic carbocycles. The Hall–Kier alpha value is 0.137. The molecule has 1 aliphatic rings. The third-order valence-corrected chi connectivity index (χ3v) is 5.92. The normalized spacial score (nSPS) is 35.8. The maximum atomic E-state index is 10.6. The van der Waals surface area contributed by atoms with E-state index in [1.165, 1.54) is 0 Å². The number of hydrogen-bond acceptors (Lipinski definition) is 2. The first-order chi connectivity index (χ1) is 6.79. The molecule has 0 bridgehead atoms. The maximum absolute atomic E-state index is 10.6. The average molecular weight is 230 g/mol. The van der Waals surface area contributed by atoms with E-state index < -0.39 is 13.9 Å². The lowest BCUT2D eigenvalue weighted by atomic mass is 9.85. The first-order valence-electron chi connectivity index (χ1n) is 6.19. The van der Waals surface area contributed by atoms with Crippen LogP contribution in [0.25, 0.3) is 0 Å². The summed E-state index contributed by atoms with van der Waals surface area (Å²) in [5.41, 5.74) is -0.478. The van der Waals surface area contributed by atoms with E-state index in [-0.39, 0.29) is 6.10 Å². The summed E-state index contributed by atoms with van der Waals surface area (Å²) in [7, 11) is -1.64. The topological polar surface area (TPSA) is 29.5 Å². The second kappa shape index (κ2) is 4.56. The van der Waals surface area contributed by atoms with E-state index in [2.05, 4.69) is 33.9 Å². The minimum Gasteiger partial charge on any atom is -0.414 e. The lowest BCUT2D eigenvalue weighted by molar-refractivity contribution is -0.0522. The van der Waals surface area contributed by atoms with E-state index in [0.717, 1.165) is 25.3 Å². The maximum Gasteiger partial charge on any atom is 0.189 e. The lowest BCUT2D eigenvalue weighted by Gasteiger charge is -2.46. The molecule has 0 saturated carbocycles. The average Bonchev–Trinajstić information content (AvgIpc) is 2.00. The van der Waals surface area contributed by atoms with E-state index >= 15 is 0 Å². The van der Waals surface area contributed by atoms with Crippen LogP contribution < -0.4 is 0 Å². The van der Waals surface area contributed by atoms with Crippen molar-refractivity contribution in [3.05, 3.63) is 0 Å². The molecule has 1 aliphatic heterocycles. The van der Waals surface area contributed by atoms with Gasteiger partial charge in [0.15, 0.2) is 8.32 Å².